The van der Waals surface area contributed by atoms with Crippen LogP contribution < -0.4 is 15.5 Å². The molecule has 0 spiro atoms. The minimum atomic E-state index is -0.835. The van der Waals surface area contributed by atoms with E-state index in [-0.39, 0.29) is 5.69 Å². The molecular formula is C24H25FN6O2. The van der Waals surface area contributed by atoms with Gasteiger partial charge in [-0.2, -0.15) is 0 Å². The zero-order chi connectivity index (χ0) is 23.4. The molecule has 0 bridgehead atoms. The Bertz CT molecular complexity index is 1160. The summed E-state index contributed by atoms with van der Waals surface area (Å²) in [6.45, 7) is 5.90. The number of anilines is 3. The summed E-state index contributed by atoms with van der Waals surface area (Å²) in [7, 11) is 2.11. The van der Waals surface area contributed by atoms with E-state index in [0.29, 0.717) is 17.1 Å². The molecule has 0 saturated carbocycles. The quantitative estimate of drug-likeness (QED) is 0.597. The van der Waals surface area contributed by atoms with Gasteiger partial charge in [0.2, 0.25) is 0 Å². The van der Waals surface area contributed by atoms with E-state index in [9.17, 15) is 14.0 Å². The summed E-state index contributed by atoms with van der Waals surface area (Å²) in [5, 5.41) is 5.09. The van der Waals surface area contributed by atoms with Gasteiger partial charge < -0.3 is 20.4 Å². The number of carbonyl (C=O) groups is 2. The lowest BCUT2D eigenvalue weighted by atomic mass is 10.1. The molecule has 3 aromatic rings. The third-order valence-corrected chi connectivity index (χ3v) is 5.50. The number of carbonyl (C=O) groups excluding carboxylic acids is 2. The SMILES string of the molecule is Cc1cc(NC(=O)C(=O)Nc2cnc(-c3cccc(F)c3)nc2)ccc1N1CCN(C)CC1. The fourth-order valence-corrected chi connectivity index (χ4v) is 3.68. The van der Waals surface area contributed by atoms with Gasteiger partial charge in [-0.15, -0.1) is 0 Å². The van der Waals surface area contributed by atoms with Gasteiger partial charge in [-0.25, -0.2) is 14.4 Å². The van der Waals surface area contributed by atoms with Crippen molar-refractivity contribution in [3.8, 4) is 11.4 Å². The van der Waals surface area contributed by atoms with Crippen LogP contribution in [0.5, 0.6) is 0 Å². The van der Waals surface area contributed by atoms with Crippen molar-refractivity contribution >= 4 is 28.9 Å². The van der Waals surface area contributed by atoms with Gasteiger partial charge in [0.25, 0.3) is 0 Å². The molecule has 8 nitrogen and oxygen atoms in total. The number of amides is 2. The van der Waals surface area contributed by atoms with Gasteiger partial charge in [0.15, 0.2) is 5.82 Å². The zero-order valence-corrected chi connectivity index (χ0v) is 18.5. The third kappa shape index (κ3) is 5.50. The lowest BCUT2D eigenvalue weighted by Crippen LogP contribution is -2.44. The van der Waals surface area contributed by atoms with E-state index >= 15 is 0 Å². The van der Waals surface area contributed by atoms with Crippen LogP contribution in [-0.4, -0.2) is 59.9 Å². The molecule has 9 heteroatoms. The molecule has 0 atom stereocenters. The van der Waals surface area contributed by atoms with Crippen molar-refractivity contribution in [2.75, 3.05) is 48.8 Å². The average molecular weight is 449 g/mol. The van der Waals surface area contributed by atoms with E-state index < -0.39 is 17.6 Å². The van der Waals surface area contributed by atoms with Gasteiger partial charge in [0.1, 0.15) is 5.82 Å². The largest absolute Gasteiger partial charge is 0.369 e. The predicted molar refractivity (Wildman–Crippen MR) is 126 cm³/mol. The molecule has 1 fully saturated rings. The highest BCUT2D eigenvalue weighted by molar-refractivity contribution is 6.43. The number of benzene rings is 2. The molecule has 1 aliphatic rings. The van der Waals surface area contributed by atoms with Crippen molar-refractivity contribution in [2.45, 2.75) is 6.92 Å². The second-order valence-corrected chi connectivity index (χ2v) is 8.01. The van der Waals surface area contributed by atoms with Crippen LogP contribution in [0.25, 0.3) is 11.4 Å². The zero-order valence-electron chi connectivity index (χ0n) is 18.5. The number of hydrogen-bond donors (Lipinski definition) is 2. The molecule has 0 unspecified atom stereocenters. The first-order valence-electron chi connectivity index (χ1n) is 10.6. The first-order chi connectivity index (χ1) is 15.9. The molecule has 0 radical (unpaired) electrons. The van der Waals surface area contributed by atoms with Crippen molar-refractivity contribution in [3.63, 3.8) is 0 Å². The first-order valence-corrected chi connectivity index (χ1v) is 10.6. The molecule has 2 aromatic carbocycles. The number of nitrogens with zero attached hydrogens (tertiary/aromatic N) is 4. The Morgan fingerprint density at radius 2 is 1.58 bits per heavy atom. The van der Waals surface area contributed by atoms with Gasteiger partial charge >= 0.3 is 11.8 Å². The first kappa shape index (κ1) is 22.3. The summed E-state index contributed by atoms with van der Waals surface area (Å²) in [5.74, 6) is -1.71. The molecule has 1 aliphatic heterocycles. The third-order valence-electron chi connectivity index (χ3n) is 5.50. The standard InChI is InChI=1S/C24H25FN6O2/c1-16-12-19(6-7-21(16)31-10-8-30(2)9-11-31)28-23(32)24(33)29-20-14-26-22(27-15-20)17-4-3-5-18(25)13-17/h3-7,12-15H,8-11H2,1-2H3,(H,28,32)(H,29,33). The van der Waals surface area contributed by atoms with E-state index in [1.54, 1.807) is 18.2 Å². The number of nitrogens with one attached hydrogen (secondary N) is 2. The van der Waals surface area contributed by atoms with Crippen LogP contribution in [0.2, 0.25) is 0 Å². The fourth-order valence-electron chi connectivity index (χ4n) is 3.68. The Hall–Kier alpha value is -3.85. The van der Waals surface area contributed by atoms with Crippen molar-refractivity contribution in [1.29, 1.82) is 0 Å². The van der Waals surface area contributed by atoms with Gasteiger partial charge in [-0.05, 0) is 49.9 Å². The Morgan fingerprint density at radius 3 is 2.21 bits per heavy atom. The number of piperazine rings is 1. The monoisotopic (exact) mass is 448 g/mol. The molecule has 2 heterocycles. The van der Waals surface area contributed by atoms with Crippen LogP contribution in [0.15, 0.2) is 54.9 Å². The summed E-state index contributed by atoms with van der Waals surface area (Å²) in [6, 6.07) is 11.5. The minimum absolute atomic E-state index is 0.261. The number of aromatic nitrogens is 2. The summed E-state index contributed by atoms with van der Waals surface area (Å²) >= 11 is 0. The van der Waals surface area contributed by atoms with Crippen LogP contribution in [0.1, 0.15) is 5.56 Å². The Kier molecular flexibility index (Phi) is 6.60. The number of hydrogen-bond acceptors (Lipinski definition) is 6. The van der Waals surface area contributed by atoms with E-state index in [4.69, 9.17) is 0 Å². The molecule has 170 valence electrons. The van der Waals surface area contributed by atoms with Crippen LogP contribution in [0.3, 0.4) is 0 Å². The van der Waals surface area contributed by atoms with E-state index in [1.807, 2.05) is 19.1 Å². The normalized spacial score (nSPS) is 14.1. The number of halogens is 1. The molecule has 1 aromatic heterocycles. The van der Waals surface area contributed by atoms with E-state index in [0.717, 1.165) is 37.4 Å². The van der Waals surface area contributed by atoms with Crippen molar-refractivity contribution in [3.05, 3.63) is 66.2 Å². The van der Waals surface area contributed by atoms with Crippen LogP contribution in [0.4, 0.5) is 21.5 Å². The second kappa shape index (κ2) is 9.74. The molecule has 2 N–H and O–H groups in total. The second-order valence-electron chi connectivity index (χ2n) is 8.01. The van der Waals surface area contributed by atoms with Gasteiger partial charge in [-0.3, -0.25) is 9.59 Å². The van der Waals surface area contributed by atoms with Crippen molar-refractivity contribution in [1.82, 2.24) is 14.9 Å². The Labute approximate surface area is 191 Å². The maximum atomic E-state index is 13.4. The molecular weight excluding hydrogens is 423 g/mol. The molecule has 33 heavy (non-hydrogen) atoms. The summed E-state index contributed by atoms with van der Waals surface area (Å²) in [6.07, 6.45) is 2.74. The Morgan fingerprint density at radius 1 is 0.909 bits per heavy atom. The molecule has 0 aliphatic carbocycles. The summed E-state index contributed by atoms with van der Waals surface area (Å²) in [5.41, 5.74) is 3.47. The van der Waals surface area contributed by atoms with Crippen molar-refractivity contribution in [2.24, 2.45) is 0 Å². The van der Waals surface area contributed by atoms with Crippen LogP contribution in [-0.2, 0) is 9.59 Å². The highest BCUT2D eigenvalue weighted by atomic mass is 19.1. The van der Waals surface area contributed by atoms with E-state index in [2.05, 4.69) is 37.4 Å². The topological polar surface area (TPSA) is 90.5 Å². The van der Waals surface area contributed by atoms with Gasteiger partial charge in [0.05, 0.1) is 18.1 Å². The lowest BCUT2D eigenvalue weighted by molar-refractivity contribution is -0.133. The van der Waals surface area contributed by atoms with Crippen molar-refractivity contribution < 1.29 is 14.0 Å². The maximum Gasteiger partial charge on any atom is 0.314 e. The molecule has 1 saturated heterocycles. The van der Waals surface area contributed by atoms with E-state index in [1.165, 1.54) is 24.5 Å². The highest BCUT2D eigenvalue weighted by Crippen LogP contribution is 2.24. The predicted octanol–water partition coefficient (Wildman–Crippen LogP) is 2.92. The summed E-state index contributed by atoms with van der Waals surface area (Å²) in [4.78, 5) is 37.5. The fraction of sp³-hybridized carbons (Fsp3) is 0.250. The minimum Gasteiger partial charge on any atom is -0.369 e. The van der Waals surface area contributed by atoms with Gasteiger partial charge in [-0.1, -0.05) is 12.1 Å². The number of aryl methyl sites for hydroxylation is 1. The molecule has 2 amide bonds. The Balaban J connectivity index is 1.36. The lowest BCUT2D eigenvalue weighted by Gasteiger charge is -2.35. The van der Waals surface area contributed by atoms with Crippen LogP contribution >= 0.6 is 0 Å². The van der Waals surface area contributed by atoms with Crippen LogP contribution in [0, 0.1) is 12.7 Å². The average Bonchev–Trinajstić information content (AvgIpc) is 2.80. The molecule has 4 rings (SSSR count). The smallest absolute Gasteiger partial charge is 0.314 e. The number of likely N-dealkylation sites (N-methyl/N-ethyl adjacent to an activating group) is 1. The maximum absolute atomic E-state index is 13.4. The highest BCUT2D eigenvalue weighted by Gasteiger charge is 2.18. The number of rotatable bonds is 4. The van der Waals surface area contributed by atoms with Gasteiger partial charge in [0, 0.05) is 43.1 Å². The summed E-state index contributed by atoms with van der Waals surface area (Å²) < 4.78 is 13.4.